The normalized spacial score (nSPS) is 16.6. The highest BCUT2D eigenvalue weighted by molar-refractivity contribution is 7.19. The molecule has 5 rings (SSSR count). The second-order valence-electron chi connectivity index (χ2n) is 7.42. The van der Waals surface area contributed by atoms with Crippen molar-refractivity contribution in [1.82, 2.24) is 15.0 Å². The molecule has 27 heavy (non-hydrogen) atoms. The Morgan fingerprint density at radius 3 is 3.04 bits per heavy atom. The Labute approximate surface area is 162 Å². The van der Waals surface area contributed by atoms with Crippen LogP contribution in [0.1, 0.15) is 29.3 Å². The maximum Gasteiger partial charge on any atom is 0.138 e. The van der Waals surface area contributed by atoms with E-state index in [0.717, 1.165) is 41.5 Å². The molecule has 1 atom stereocenters. The zero-order valence-electron chi connectivity index (χ0n) is 15.4. The highest BCUT2D eigenvalue weighted by atomic mass is 32.1. The van der Waals surface area contributed by atoms with Crippen molar-refractivity contribution < 1.29 is 0 Å². The fourth-order valence-corrected chi connectivity index (χ4v) is 5.44. The molecule has 4 aromatic rings. The fraction of sp³-hybridized carbons (Fsp3) is 0.318. The molecule has 0 spiro atoms. The van der Waals surface area contributed by atoms with E-state index in [-0.39, 0.29) is 0 Å². The number of para-hydroxylation sites is 1. The Morgan fingerprint density at radius 2 is 2.07 bits per heavy atom. The van der Waals surface area contributed by atoms with E-state index in [4.69, 9.17) is 0 Å². The van der Waals surface area contributed by atoms with Crippen molar-refractivity contribution in [1.29, 1.82) is 0 Å². The third-order valence-electron chi connectivity index (χ3n) is 5.49. The minimum atomic E-state index is 0.772. The predicted molar refractivity (Wildman–Crippen MR) is 113 cm³/mol. The number of aromatic nitrogens is 3. The monoisotopic (exact) mass is 374 g/mol. The number of hydrogen-bond acceptors (Lipinski definition) is 5. The molecule has 0 fully saturated rings. The number of rotatable bonds is 4. The molecule has 0 bridgehead atoms. The molecule has 1 unspecified atom stereocenters. The summed E-state index contributed by atoms with van der Waals surface area (Å²) in [5.74, 6) is 1.76. The van der Waals surface area contributed by atoms with Crippen LogP contribution in [0.25, 0.3) is 21.1 Å². The van der Waals surface area contributed by atoms with Crippen molar-refractivity contribution >= 4 is 38.3 Å². The van der Waals surface area contributed by atoms with Crippen molar-refractivity contribution in [2.45, 2.75) is 32.6 Å². The molecule has 0 radical (unpaired) electrons. The van der Waals surface area contributed by atoms with Crippen LogP contribution in [0, 0.1) is 5.92 Å². The average molecular weight is 375 g/mol. The van der Waals surface area contributed by atoms with Crippen LogP contribution in [0.5, 0.6) is 0 Å². The van der Waals surface area contributed by atoms with Gasteiger partial charge in [0.25, 0.3) is 0 Å². The SMILES string of the molecule is CC1CCc2c(sc3ncnc(NCCc4cccc5cccnc45)c23)C1. The first-order chi connectivity index (χ1) is 13.3. The van der Waals surface area contributed by atoms with Crippen LogP contribution in [0.2, 0.25) is 0 Å². The molecule has 4 nitrogen and oxygen atoms in total. The summed E-state index contributed by atoms with van der Waals surface area (Å²) in [4.78, 5) is 16.3. The van der Waals surface area contributed by atoms with Gasteiger partial charge in [0, 0.05) is 23.0 Å². The lowest BCUT2D eigenvalue weighted by atomic mass is 9.89. The lowest BCUT2D eigenvalue weighted by Gasteiger charge is -2.18. The van der Waals surface area contributed by atoms with E-state index in [2.05, 4.69) is 51.5 Å². The second kappa shape index (κ2) is 6.89. The van der Waals surface area contributed by atoms with Crippen LogP contribution in [-0.4, -0.2) is 21.5 Å². The van der Waals surface area contributed by atoms with Gasteiger partial charge in [0.2, 0.25) is 0 Å². The molecule has 0 saturated carbocycles. The fourth-order valence-electron chi connectivity index (χ4n) is 4.09. The molecular weight excluding hydrogens is 352 g/mol. The first-order valence-electron chi connectivity index (χ1n) is 9.61. The van der Waals surface area contributed by atoms with Gasteiger partial charge in [0.05, 0.1) is 10.9 Å². The minimum absolute atomic E-state index is 0.772. The van der Waals surface area contributed by atoms with Crippen molar-refractivity contribution in [2.75, 3.05) is 11.9 Å². The number of nitrogens with zero attached hydrogens (tertiary/aromatic N) is 3. The lowest BCUT2D eigenvalue weighted by Crippen LogP contribution is -2.10. The highest BCUT2D eigenvalue weighted by Gasteiger charge is 2.22. The largest absolute Gasteiger partial charge is 0.369 e. The molecule has 1 aromatic carbocycles. The molecule has 0 amide bonds. The maximum atomic E-state index is 4.57. The number of nitrogens with one attached hydrogen (secondary N) is 1. The van der Waals surface area contributed by atoms with Crippen LogP contribution in [0.15, 0.2) is 42.9 Å². The summed E-state index contributed by atoms with van der Waals surface area (Å²) in [5, 5.41) is 6.02. The number of pyridine rings is 1. The van der Waals surface area contributed by atoms with Gasteiger partial charge < -0.3 is 5.32 Å². The summed E-state index contributed by atoms with van der Waals surface area (Å²) < 4.78 is 0. The molecule has 0 aliphatic heterocycles. The Bertz CT molecular complexity index is 1110. The van der Waals surface area contributed by atoms with Gasteiger partial charge in [-0.3, -0.25) is 4.98 Å². The number of aryl methyl sites for hydroxylation is 1. The van der Waals surface area contributed by atoms with Gasteiger partial charge in [-0.15, -0.1) is 11.3 Å². The van der Waals surface area contributed by atoms with Gasteiger partial charge in [0.15, 0.2) is 0 Å². The van der Waals surface area contributed by atoms with Crippen molar-refractivity contribution in [3.05, 3.63) is 58.9 Å². The Morgan fingerprint density at radius 1 is 1.15 bits per heavy atom. The van der Waals surface area contributed by atoms with Gasteiger partial charge in [0.1, 0.15) is 17.0 Å². The molecule has 1 N–H and O–H groups in total. The first-order valence-corrected chi connectivity index (χ1v) is 10.4. The zero-order valence-corrected chi connectivity index (χ0v) is 16.2. The Kier molecular flexibility index (Phi) is 4.24. The first kappa shape index (κ1) is 16.6. The van der Waals surface area contributed by atoms with Gasteiger partial charge in [-0.05, 0) is 48.8 Å². The standard InChI is InChI=1S/C22H22N4S/c1-14-7-8-17-18(12-14)27-22-19(17)21(25-13-26-22)24-11-9-16-5-2-4-15-6-3-10-23-20(15)16/h2-6,10,13-14H,7-9,11-12H2,1H3,(H,24,25,26). The van der Waals surface area contributed by atoms with Crippen molar-refractivity contribution in [3.63, 3.8) is 0 Å². The molecular formula is C22H22N4S. The average Bonchev–Trinajstić information content (AvgIpc) is 3.06. The van der Waals surface area contributed by atoms with E-state index < -0.39 is 0 Å². The molecule has 1 aliphatic carbocycles. The maximum absolute atomic E-state index is 4.57. The van der Waals surface area contributed by atoms with E-state index in [0.29, 0.717) is 0 Å². The molecule has 3 aromatic heterocycles. The number of thiophene rings is 1. The summed E-state index contributed by atoms with van der Waals surface area (Å²) in [6.07, 6.45) is 8.06. The zero-order chi connectivity index (χ0) is 18.2. The quantitative estimate of drug-likeness (QED) is 0.545. The van der Waals surface area contributed by atoms with Crippen LogP contribution >= 0.6 is 11.3 Å². The summed E-state index contributed by atoms with van der Waals surface area (Å²) >= 11 is 1.85. The highest BCUT2D eigenvalue weighted by Crippen LogP contribution is 2.39. The van der Waals surface area contributed by atoms with Gasteiger partial charge >= 0.3 is 0 Å². The molecule has 0 saturated heterocycles. The topological polar surface area (TPSA) is 50.7 Å². The third-order valence-corrected chi connectivity index (χ3v) is 6.66. The Hall–Kier alpha value is -2.53. The number of anilines is 1. The molecule has 136 valence electrons. The van der Waals surface area contributed by atoms with E-state index in [1.165, 1.54) is 39.6 Å². The molecule has 5 heteroatoms. The number of benzene rings is 1. The summed E-state index contributed by atoms with van der Waals surface area (Å²) in [5.41, 5.74) is 3.84. The van der Waals surface area contributed by atoms with Crippen LogP contribution in [-0.2, 0) is 19.3 Å². The number of hydrogen-bond donors (Lipinski definition) is 1. The Balaban J connectivity index is 1.40. The summed E-state index contributed by atoms with van der Waals surface area (Å²) in [7, 11) is 0. The lowest BCUT2D eigenvalue weighted by molar-refractivity contribution is 0.509. The van der Waals surface area contributed by atoms with E-state index in [9.17, 15) is 0 Å². The van der Waals surface area contributed by atoms with Crippen LogP contribution < -0.4 is 5.32 Å². The smallest absolute Gasteiger partial charge is 0.138 e. The summed E-state index contributed by atoms with van der Waals surface area (Å²) in [6.45, 7) is 3.18. The van der Waals surface area contributed by atoms with Crippen molar-refractivity contribution in [2.24, 2.45) is 5.92 Å². The van der Waals surface area contributed by atoms with Crippen molar-refractivity contribution in [3.8, 4) is 0 Å². The van der Waals surface area contributed by atoms with E-state index >= 15 is 0 Å². The number of fused-ring (bicyclic) bond motifs is 4. The van der Waals surface area contributed by atoms with E-state index in [1.807, 2.05) is 23.6 Å². The van der Waals surface area contributed by atoms with Gasteiger partial charge in [-0.25, -0.2) is 9.97 Å². The summed E-state index contributed by atoms with van der Waals surface area (Å²) in [6, 6.07) is 10.5. The predicted octanol–water partition coefficient (Wildman–Crippen LogP) is 5.02. The second-order valence-corrected chi connectivity index (χ2v) is 8.51. The molecule has 3 heterocycles. The minimum Gasteiger partial charge on any atom is -0.369 e. The van der Waals surface area contributed by atoms with Crippen LogP contribution in [0.4, 0.5) is 5.82 Å². The molecule has 1 aliphatic rings. The van der Waals surface area contributed by atoms with Gasteiger partial charge in [-0.2, -0.15) is 0 Å². The van der Waals surface area contributed by atoms with E-state index in [1.54, 1.807) is 6.33 Å². The van der Waals surface area contributed by atoms with Gasteiger partial charge in [-0.1, -0.05) is 31.2 Å². The van der Waals surface area contributed by atoms with Crippen LogP contribution in [0.3, 0.4) is 0 Å². The third kappa shape index (κ3) is 3.06.